The van der Waals surface area contributed by atoms with E-state index in [9.17, 15) is 22.8 Å². The smallest absolute Gasteiger partial charge is 0.405 e. The molecule has 1 atom stereocenters. The molecule has 0 aliphatic carbocycles. The quantitative estimate of drug-likeness (QED) is 0.783. The Labute approximate surface area is 161 Å². The van der Waals surface area contributed by atoms with Crippen molar-refractivity contribution in [1.82, 2.24) is 9.80 Å². The maximum absolute atomic E-state index is 13.0. The SMILES string of the molecule is CN(C)C(=O)C1CN(C(=O)c2ccccc2OC(F)(F)F)CC12CCOCC2. The molecule has 2 heterocycles. The topological polar surface area (TPSA) is 59.1 Å². The van der Waals surface area contributed by atoms with Crippen molar-refractivity contribution in [1.29, 1.82) is 0 Å². The molecular weight excluding hydrogens is 377 g/mol. The van der Waals surface area contributed by atoms with E-state index in [-0.39, 0.29) is 18.0 Å². The summed E-state index contributed by atoms with van der Waals surface area (Å²) in [5, 5.41) is 0. The number of nitrogens with zero attached hydrogens (tertiary/aromatic N) is 2. The van der Waals surface area contributed by atoms with Gasteiger partial charge in [0.1, 0.15) is 5.75 Å². The Morgan fingerprint density at radius 3 is 2.46 bits per heavy atom. The first kappa shape index (κ1) is 20.4. The van der Waals surface area contributed by atoms with Gasteiger partial charge in [0.05, 0.1) is 11.5 Å². The zero-order chi connectivity index (χ0) is 20.5. The van der Waals surface area contributed by atoms with Crippen LogP contribution in [0, 0.1) is 11.3 Å². The van der Waals surface area contributed by atoms with E-state index in [2.05, 4.69) is 4.74 Å². The van der Waals surface area contributed by atoms with Crippen molar-refractivity contribution in [3.8, 4) is 5.75 Å². The molecule has 0 N–H and O–H groups in total. The van der Waals surface area contributed by atoms with Gasteiger partial charge >= 0.3 is 6.36 Å². The van der Waals surface area contributed by atoms with Crippen LogP contribution in [0.2, 0.25) is 0 Å². The van der Waals surface area contributed by atoms with Crippen LogP contribution in [0.25, 0.3) is 0 Å². The van der Waals surface area contributed by atoms with Gasteiger partial charge in [0.25, 0.3) is 5.91 Å². The summed E-state index contributed by atoms with van der Waals surface area (Å²) in [5.41, 5.74) is -0.588. The lowest BCUT2D eigenvalue weighted by atomic mass is 9.71. The van der Waals surface area contributed by atoms with E-state index in [1.807, 2.05) is 0 Å². The lowest BCUT2D eigenvalue weighted by Crippen LogP contribution is -2.44. The second-order valence-electron chi connectivity index (χ2n) is 7.49. The van der Waals surface area contributed by atoms with Gasteiger partial charge in [-0.1, -0.05) is 12.1 Å². The standard InChI is InChI=1S/C19H23F3N2O4/c1-23(2)17(26)14-11-24(12-18(14)7-9-27-10-8-18)16(25)13-5-3-4-6-15(13)28-19(20,21)22/h3-6,14H,7-12H2,1-2H3. The van der Waals surface area contributed by atoms with Crippen molar-refractivity contribution in [3.63, 3.8) is 0 Å². The molecule has 2 aliphatic heterocycles. The molecule has 2 amide bonds. The fourth-order valence-electron chi connectivity index (χ4n) is 4.09. The van der Waals surface area contributed by atoms with E-state index in [0.29, 0.717) is 32.6 Å². The van der Waals surface area contributed by atoms with Crippen LogP contribution in [-0.4, -0.2) is 68.4 Å². The number of ether oxygens (including phenoxy) is 2. The van der Waals surface area contributed by atoms with E-state index in [4.69, 9.17) is 4.74 Å². The highest BCUT2D eigenvalue weighted by atomic mass is 19.4. The average molecular weight is 400 g/mol. The molecule has 9 heteroatoms. The Morgan fingerprint density at radius 2 is 1.86 bits per heavy atom. The number of amides is 2. The van der Waals surface area contributed by atoms with Crippen LogP contribution in [0.3, 0.4) is 0 Å². The van der Waals surface area contributed by atoms with E-state index in [1.165, 1.54) is 28.0 Å². The predicted molar refractivity (Wildman–Crippen MR) is 93.7 cm³/mol. The molecule has 0 radical (unpaired) electrons. The van der Waals surface area contributed by atoms with Crippen molar-refractivity contribution in [2.24, 2.45) is 11.3 Å². The molecular formula is C19H23F3N2O4. The highest BCUT2D eigenvalue weighted by molar-refractivity contribution is 5.97. The Kier molecular flexibility index (Phi) is 5.56. The second-order valence-corrected chi connectivity index (χ2v) is 7.49. The van der Waals surface area contributed by atoms with E-state index >= 15 is 0 Å². The number of rotatable bonds is 3. The largest absolute Gasteiger partial charge is 0.573 e. The molecule has 1 aromatic carbocycles. The molecule has 154 valence electrons. The zero-order valence-corrected chi connectivity index (χ0v) is 15.8. The average Bonchev–Trinajstić information content (AvgIpc) is 2.98. The first-order chi connectivity index (χ1) is 13.1. The molecule has 1 aromatic rings. The van der Waals surface area contributed by atoms with Crippen LogP contribution in [-0.2, 0) is 9.53 Å². The van der Waals surface area contributed by atoms with Gasteiger partial charge in [0.2, 0.25) is 5.91 Å². The highest BCUT2D eigenvalue weighted by Crippen LogP contribution is 2.45. The van der Waals surface area contributed by atoms with Crippen molar-refractivity contribution in [2.75, 3.05) is 40.4 Å². The minimum Gasteiger partial charge on any atom is -0.405 e. The van der Waals surface area contributed by atoms with Gasteiger partial charge in [0.15, 0.2) is 0 Å². The zero-order valence-electron chi connectivity index (χ0n) is 15.8. The molecule has 28 heavy (non-hydrogen) atoms. The second kappa shape index (κ2) is 7.62. The molecule has 0 bridgehead atoms. The van der Waals surface area contributed by atoms with Crippen LogP contribution in [0.1, 0.15) is 23.2 Å². The highest BCUT2D eigenvalue weighted by Gasteiger charge is 2.52. The van der Waals surface area contributed by atoms with Gasteiger partial charge in [-0.3, -0.25) is 9.59 Å². The number of hydrogen-bond donors (Lipinski definition) is 0. The summed E-state index contributed by atoms with van der Waals surface area (Å²) in [4.78, 5) is 28.8. The van der Waals surface area contributed by atoms with Gasteiger partial charge < -0.3 is 19.3 Å². The molecule has 3 rings (SSSR count). The summed E-state index contributed by atoms with van der Waals surface area (Å²) >= 11 is 0. The van der Waals surface area contributed by atoms with Crippen molar-refractivity contribution in [2.45, 2.75) is 19.2 Å². The van der Waals surface area contributed by atoms with Gasteiger partial charge in [-0.15, -0.1) is 13.2 Å². The number of benzene rings is 1. The normalized spacial score (nSPS) is 21.6. The molecule has 2 fully saturated rings. The number of carbonyl (C=O) groups is 2. The van der Waals surface area contributed by atoms with Crippen LogP contribution >= 0.6 is 0 Å². The third kappa shape index (κ3) is 4.09. The summed E-state index contributed by atoms with van der Waals surface area (Å²) in [7, 11) is 3.32. The molecule has 0 aromatic heterocycles. The van der Waals surface area contributed by atoms with Gasteiger partial charge in [0, 0.05) is 45.8 Å². The van der Waals surface area contributed by atoms with Crippen molar-refractivity contribution in [3.05, 3.63) is 29.8 Å². The third-order valence-electron chi connectivity index (χ3n) is 5.51. The third-order valence-corrected chi connectivity index (χ3v) is 5.51. The Morgan fingerprint density at radius 1 is 1.21 bits per heavy atom. The van der Waals surface area contributed by atoms with Crippen LogP contribution in [0.5, 0.6) is 5.75 Å². The summed E-state index contributed by atoms with van der Waals surface area (Å²) in [6.45, 7) is 1.45. The molecule has 1 unspecified atom stereocenters. The number of halogens is 3. The summed E-state index contributed by atoms with van der Waals surface area (Å²) < 4.78 is 47.5. The lowest BCUT2D eigenvalue weighted by molar-refractivity contribution is -0.274. The Hall–Kier alpha value is -2.29. The number of para-hydroxylation sites is 1. The summed E-state index contributed by atoms with van der Waals surface area (Å²) in [6, 6.07) is 5.28. The predicted octanol–water partition coefficient (Wildman–Crippen LogP) is 2.54. The molecule has 1 spiro atoms. The van der Waals surface area contributed by atoms with E-state index in [1.54, 1.807) is 14.1 Å². The van der Waals surface area contributed by atoms with Gasteiger partial charge in [-0.2, -0.15) is 0 Å². The first-order valence-electron chi connectivity index (χ1n) is 9.06. The fourth-order valence-corrected chi connectivity index (χ4v) is 4.09. The molecule has 6 nitrogen and oxygen atoms in total. The summed E-state index contributed by atoms with van der Waals surface area (Å²) in [6.07, 6.45) is -3.64. The van der Waals surface area contributed by atoms with Gasteiger partial charge in [-0.05, 0) is 25.0 Å². The number of carbonyl (C=O) groups excluding carboxylic acids is 2. The maximum Gasteiger partial charge on any atom is 0.573 e. The number of hydrogen-bond acceptors (Lipinski definition) is 4. The minimum atomic E-state index is -4.90. The minimum absolute atomic E-state index is 0.0861. The molecule has 0 saturated carbocycles. The fraction of sp³-hybridized carbons (Fsp3) is 0.579. The lowest BCUT2D eigenvalue weighted by Gasteiger charge is -2.37. The van der Waals surface area contributed by atoms with Gasteiger partial charge in [-0.25, -0.2) is 0 Å². The van der Waals surface area contributed by atoms with E-state index < -0.39 is 29.4 Å². The Balaban J connectivity index is 1.88. The van der Waals surface area contributed by atoms with E-state index in [0.717, 1.165) is 6.07 Å². The van der Waals surface area contributed by atoms with Crippen LogP contribution in [0.4, 0.5) is 13.2 Å². The molecule has 2 aliphatic rings. The molecule has 2 saturated heterocycles. The number of alkyl halides is 3. The number of likely N-dealkylation sites (tertiary alicyclic amines) is 1. The summed E-state index contributed by atoms with van der Waals surface area (Å²) in [5.74, 6) is -1.61. The van der Waals surface area contributed by atoms with Crippen molar-refractivity contribution < 1.29 is 32.2 Å². The Bertz CT molecular complexity index is 745. The first-order valence-corrected chi connectivity index (χ1v) is 9.06. The van der Waals surface area contributed by atoms with Crippen molar-refractivity contribution >= 4 is 11.8 Å². The van der Waals surface area contributed by atoms with Crippen LogP contribution in [0.15, 0.2) is 24.3 Å². The van der Waals surface area contributed by atoms with Crippen LogP contribution < -0.4 is 4.74 Å². The monoisotopic (exact) mass is 400 g/mol. The maximum atomic E-state index is 13.0.